The van der Waals surface area contributed by atoms with Crippen molar-refractivity contribution in [1.82, 2.24) is 20.7 Å². The van der Waals surface area contributed by atoms with Gasteiger partial charge in [0.05, 0.1) is 5.69 Å². The molecular weight excluding hydrogens is 314 g/mol. The zero-order valence-electron chi connectivity index (χ0n) is 16.3. The highest BCUT2D eigenvalue weighted by Gasteiger charge is 2.17. The summed E-state index contributed by atoms with van der Waals surface area (Å²) in [7, 11) is 2.20. The number of aliphatic imine (C=N–C) groups is 1. The van der Waals surface area contributed by atoms with Crippen LogP contribution in [-0.4, -0.2) is 49.2 Å². The lowest BCUT2D eigenvalue weighted by Crippen LogP contribution is -2.43. The molecule has 142 valence electrons. The van der Waals surface area contributed by atoms with Gasteiger partial charge >= 0.3 is 0 Å². The van der Waals surface area contributed by atoms with Crippen molar-refractivity contribution >= 4 is 5.96 Å². The van der Waals surface area contributed by atoms with E-state index in [2.05, 4.69) is 59.6 Å². The Morgan fingerprint density at radius 1 is 1.36 bits per heavy atom. The smallest absolute Gasteiger partial charge is 0.191 e. The van der Waals surface area contributed by atoms with Gasteiger partial charge in [0.2, 0.25) is 0 Å². The third kappa shape index (κ3) is 6.34. The molecule has 2 N–H and O–H groups in total. The third-order valence-corrected chi connectivity index (χ3v) is 5.00. The van der Waals surface area contributed by atoms with Crippen LogP contribution < -0.4 is 10.6 Å². The Bertz CT molecular complexity index is 524. The molecule has 0 aromatic carbocycles. The molecule has 1 saturated heterocycles. The number of rotatable bonds is 8. The average Bonchev–Trinajstić information content (AvgIpc) is 3.07. The summed E-state index contributed by atoms with van der Waals surface area (Å²) in [6.45, 7) is 11.2. The molecule has 0 radical (unpaired) electrons. The van der Waals surface area contributed by atoms with E-state index in [1.54, 1.807) is 0 Å². The van der Waals surface area contributed by atoms with Gasteiger partial charge in [0, 0.05) is 31.6 Å². The number of guanidine groups is 1. The van der Waals surface area contributed by atoms with Crippen molar-refractivity contribution in [2.24, 2.45) is 10.9 Å². The summed E-state index contributed by atoms with van der Waals surface area (Å²) in [5, 5.41) is 11.0. The largest absolute Gasteiger partial charge is 0.359 e. The maximum atomic E-state index is 5.47. The van der Waals surface area contributed by atoms with Crippen LogP contribution in [0.4, 0.5) is 0 Å². The van der Waals surface area contributed by atoms with Gasteiger partial charge in [0.25, 0.3) is 0 Å². The number of hydrogen-bond acceptors (Lipinski definition) is 4. The Labute approximate surface area is 152 Å². The molecule has 1 aliphatic heterocycles. The first-order chi connectivity index (χ1) is 12.2. The highest BCUT2D eigenvalue weighted by Crippen LogP contribution is 2.22. The second-order valence-electron chi connectivity index (χ2n) is 7.08. The molecule has 1 aromatic rings. The summed E-state index contributed by atoms with van der Waals surface area (Å²) >= 11 is 0. The second kappa shape index (κ2) is 10.4. The molecule has 1 aromatic heterocycles. The van der Waals surface area contributed by atoms with Crippen LogP contribution in [0, 0.1) is 5.92 Å². The first-order valence-electron chi connectivity index (χ1n) is 9.82. The summed E-state index contributed by atoms with van der Waals surface area (Å²) in [6.07, 6.45) is 4.75. The SMILES string of the molecule is CCNC(=NCc1cc(C(CC)CC)no1)NCC1CCCN(C)C1. The summed E-state index contributed by atoms with van der Waals surface area (Å²) in [4.78, 5) is 7.07. The Balaban J connectivity index is 1.88. The first kappa shape index (κ1) is 19.8. The molecule has 6 heteroatoms. The summed E-state index contributed by atoms with van der Waals surface area (Å²) < 4.78 is 5.47. The number of aromatic nitrogens is 1. The molecule has 0 saturated carbocycles. The van der Waals surface area contributed by atoms with Crippen molar-refractivity contribution in [3.8, 4) is 0 Å². The molecule has 2 heterocycles. The molecule has 2 rings (SSSR count). The van der Waals surface area contributed by atoms with Crippen LogP contribution in [0.1, 0.15) is 63.8 Å². The fourth-order valence-electron chi connectivity index (χ4n) is 3.48. The fraction of sp³-hybridized carbons (Fsp3) is 0.789. The lowest BCUT2D eigenvalue weighted by atomic mass is 9.99. The first-order valence-corrected chi connectivity index (χ1v) is 9.82. The molecule has 0 spiro atoms. The predicted octanol–water partition coefficient (Wildman–Crippen LogP) is 2.98. The lowest BCUT2D eigenvalue weighted by molar-refractivity contribution is 0.210. The number of hydrogen-bond donors (Lipinski definition) is 2. The second-order valence-corrected chi connectivity index (χ2v) is 7.08. The van der Waals surface area contributed by atoms with Crippen molar-refractivity contribution < 1.29 is 4.52 Å². The Morgan fingerprint density at radius 3 is 2.84 bits per heavy atom. The third-order valence-electron chi connectivity index (χ3n) is 5.00. The van der Waals surface area contributed by atoms with Crippen LogP contribution in [0.5, 0.6) is 0 Å². The molecule has 0 aliphatic carbocycles. The van der Waals surface area contributed by atoms with E-state index in [1.165, 1.54) is 19.4 Å². The Kier molecular flexibility index (Phi) is 8.25. The van der Waals surface area contributed by atoms with Crippen LogP contribution in [0.15, 0.2) is 15.6 Å². The van der Waals surface area contributed by atoms with E-state index in [0.29, 0.717) is 18.4 Å². The molecule has 1 atom stereocenters. The highest BCUT2D eigenvalue weighted by atomic mass is 16.5. The zero-order chi connectivity index (χ0) is 18.1. The van der Waals surface area contributed by atoms with Crippen molar-refractivity contribution in [3.63, 3.8) is 0 Å². The molecule has 0 bridgehead atoms. The Hall–Kier alpha value is -1.56. The van der Waals surface area contributed by atoms with Crippen LogP contribution in [-0.2, 0) is 6.54 Å². The standard InChI is InChI=1S/C19H35N5O/c1-5-16(6-2)18-11-17(25-23-18)13-22-19(20-7-3)21-12-15-9-8-10-24(4)14-15/h11,15-16H,5-10,12-14H2,1-4H3,(H2,20,21,22). The molecular formula is C19H35N5O. The van der Waals surface area contributed by atoms with Crippen LogP contribution in [0.25, 0.3) is 0 Å². The van der Waals surface area contributed by atoms with E-state index in [9.17, 15) is 0 Å². The monoisotopic (exact) mass is 349 g/mol. The molecule has 25 heavy (non-hydrogen) atoms. The van der Waals surface area contributed by atoms with E-state index in [1.807, 2.05) is 0 Å². The van der Waals surface area contributed by atoms with E-state index in [-0.39, 0.29) is 0 Å². The summed E-state index contributed by atoms with van der Waals surface area (Å²) in [5.74, 6) is 2.86. The summed E-state index contributed by atoms with van der Waals surface area (Å²) in [6, 6.07) is 2.06. The maximum absolute atomic E-state index is 5.47. The van der Waals surface area contributed by atoms with Gasteiger partial charge in [0.1, 0.15) is 6.54 Å². The fourth-order valence-corrected chi connectivity index (χ4v) is 3.48. The molecule has 1 unspecified atom stereocenters. The van der Waals surface area contributed by atoms with E-state index in [0.717, 1.165) is 49.9 Å². The minimum Gasteiger partial charge on any atom is -0.359 e. The lowest BCUT2D eigenvalue weighted by Gasteiger charge is -2.30. The van der Waals surface area contributed by atoms with Gasteiger partial charge in [-0.15, -0.1) is 0 Å². The average molecular weight is 350 g/mol. The van der Waals surface area contributed by atoms with Gasteiger partial charge in [-0.05, 0) is 52.1 Å². The Morgan fingerprint density at radius 2 is 2.16 bits per heavy atom. The number of nitrogens with zero attached hydrogens (tertiary/aromatic N) is 3. The zero-order valence-corrected chi connectivity index (χ0v) is 16.3. The minimum atomic E-state index is 0.483. The van der Waals surface area contributed by atoms with Crippen molar-refractivity contribution in [1.29, 1.82) is 0 Å². The van der Waals surface area contributed by atoms with Gasteiger partial charge in [-0.2, -0.15) is 0 Å². The number of likely N-dealkylation sites (tertiary alicyclic amines) is 1. The van der Waals surface area contributed by atoms with Crippen LogP contribution in [0.3, 0.4) is 0 Å². The number of piperidine rings is 1. The molecule has 1 aliphatic rings. The minimum absolute atomic E-state index is 0.483. The quantitative estimate of drug-likeness (QED) is 0.558. The summed E-state index contributed by atoms with van der Waals surface area (Å²) in [5.41, 5.74) is 1.05. The van der Waals surface area contributed by atoms with E-state index < -0.39 is 0 Å². The topological polar surface area (TPSA) is 65.7 Å². The number of nitrogens with one attached hydrogen (secondary N) is 2. The molecule has 1 fully saturated rings. The van der Waals surface area contributed by atoms with Crippen LogP contribution >= 0.6 is 0 Å². The van der Waals surface area contributed by atoms with Crippen molar-refractivity contribution in [2.75, 3.05) is 33.2 Å². The van der Waals surface area contributed by atoms with Crippen LogP contribution in [0.2, 0.25) is 0 Å². The van der Waals surface area contributed by atoms with Crippen molar-refractivity contribution in [2.45, 2.75) is 58.9 Å². The highest BCUT2D eigenvalue weighted by molar-refractivity contribution is 5.79. The van der Waals surface area contributed by atoms with E-state index in [4.69, 9.17) is 4.52 Å². The maximum Gasteiger partial charge on any atom is 0.191 e. The van der Waals surface area contributed by atoms with Gasteiger partial charge < -0.3 is 20.1 Å². The van der Waals surface area contributed by atoms with Gasteiger partial charge in [0.15, 0.2) is 11.7 Å². The molecule has 0 amide bonds. The van der Waals surface area contributed by atoms with Gasteiger partial charge in [-0.3, -0.25) is 0 Å². The van der Waals surface area contributed by atoms with Gasteiger partial charge in [-0.1, -0.05) is 19.0 Å². The predicted molar refractivity (Wildman–Crippen MR) is 103 cm³/mol. The van der Waals surface area contributed by atoms with Crippen molar-refractivity contribution in [3.05, 3.63) is 17.5 Å². The molecule has 6 nitrogen and oxygen atoms in total. The van der Waals surface area contributed by atoms with E-state index >= 15 is 0 Å². The van der Waals surface area contributed by atoms with Gasteiger partial charge in [-0.25, -0.2) is 4.99 Å². The normalized spacial score (nSPS) is 19.4.